The van der Waals surface area contributed by atoms with E-state index >= 15 is 0 Å². The van der Waals surface area contributed by atoms with E-state index in [1.165, 1.54) is 0 Å². The van der Waals surface area contributed by atoms with Crippen molar-refractivity contribution in [2.45, 2.75) is 19.8 Å². The van der Waals surface area contributed by atoms with Gasteiger partial charge in [-0.25, -0.2) is 0 Å². The maximum atomic E-state index is 11.5. The smallest absolute Gasteiger partial charge is 0.280 e. The van der Waals surface area contributed by atoms with E-state index in [9.17, 15) is 4.79 Å². The first-order valence-electron chi connectivity index (χ1n) is 4.52. The molecule has 0 atom stereocenters. The topological polar surface area (TPSA) is 58.6 Å². The molecule has 2 heterocycles. The summed E-state index contributed by atoms with van der Waals surface area (Å²) in [6.45, 7) is 3.97. The number of aromatic nitrogens is 3. The molecule has 0 unspecified atom stereocenters. The molecule has 2 aromatic rings. The lowest BCUT2D eigenvalue weighted by atomic mass is 10.2. The van der Waals surface area contributed by atoms with Crippen LogP contribution < -0.4 is 5.56 Å². The fourth-order valence-electron chi connectivity index (χ4n) is 1.29. The van der Waals surface area contributed by atoms with Crippen LogP contribution in [0, 0.1) is 0 Å². The Kier molecular flexibility index (Phi) is 2.04. The molecule has 0 aromatic carbocycles. The molecule has 0 bridgehead atoms. The summed E-state index contributed by atoms with van der Waals surface area (Å²) in [4.78, 5) is 22.6. The largest absolute Gasteiger partial charge is 0.342 e. The molecule has 0 aliphatic heterocycles. The summed E-state index contributed by atoms with van der Waals surface area (Å²) in [5.41, 5.74) is 0.557. The average Bonchev–Trinajstić information content (AvgIpc) is 2.17. The molecule has 2 aromatic heterocycles. The highest BCUT2D eigenvalue weighted by Gasteiger charge is 2.05. The van der Waals surface area contributed by atoms with Crippen molar-refractivity contribution in [3.8, 4) is 0 Å². The second-order valence-corrected chi connectivity index (χ2v) is 3.50. The summed E-state index contributed by atoms with van der Waals surface area (Å²) >= 11 is 0. The van der Waals surface area contributed by atoms with Gasteiger partial charge in [0.15, 0.2) is 0 Å². The van der Waals surface area contributed by atoms with E-state index in [-0.39, 0.29) is 11.5 Å². The van der Waals surface area contributed by atoms with Crippen LogP contribution in [-0.4, -0.2) is 15.0 Å². The van der Waals surface area contributed by atoms with E-state index in [1.807, 2.05) is 13.8 Å². The number of hydrogen-bond donors (Lipinski definition) is 1. The standard InChI is InChI=1S/C10H11N3O/c1-6(2)9-12-8-5-11-4-3-7(8)10(14)13-9/h3-6H,1-2H3,(H,12,13,14). The highest BCUT2D eigenvalue weighted by Crippen LogP contribution is 2.10. The second-order valence-electron chi connectivity index (χ2n) is 3.50. The zero-order chi connectivity index (χ0) is 10.1. The Morgan fingerprint density at radius 1 is 1.43 bits per heavy atom. The molecular weight excluding hydrogens is 178 g/mol. The predicted molar refractivity (Wildman–Crippen MR) is 54.2 cm³/mol. The number of nitrogens with zero attached hydrogens (tertiary/aromatic N) is 2. The molecule has 14 heavy (non-hydrogen) atoms. The maximum absolute atomic E-state index is 11.5. The summed E-state index contributed by atoms with van der Waals surface area (Å²) in [7, 11) is 0. The summed E-state index contributed by atoms with van der Waals surface area (Å²) in [6, 6.07) is 1.67. The quantitative estimate of drug-likeness (QED) is 0.738. The van der Waals surface area contributed by atoms with Gasteiger partial charge in [0, 0.05) is 12.1 Å². The molecule has 0 amide bonds. The van der Waals surface area contributed by atoms with Crippen LogP contribution in [0.25, 0.3) is 10.9 Å². The Morgan fingerprint density at radius 2 is 2.21 bits per heavy atom. The highest BCUT2D eigenvalue weighted by atomic mass is 16.1. The van der Waals surface area contributed by atoms with Crippen molar-refractivity contribution in [2.75, 3.05) is 0 Å². The SMILES string of the molecule is CC(C)c1nc(=O)c2ccncc2[nH]1. The molecule has 0 fully saturated rings. The lowest BCUT2D eigenvalue weighted by Crippen LogP contribution is -2.12. The fraction of sp³-hybridized carbons (Fsp3) is 0.300. The number of hydrogen-bond acceptors (Lipinski definition) is 3. The number of rotatable bonds is 1. The van der Waals surface area contributed by atoms with Crippen molar-refractivity contribution in [3.05, 3.63) is 34.6 Å². The number of H-pyrrole nitrogens is 1. The van der Waals surface area contributed by atoms with Crippen LogP contribution in [0.15, 0.2) is 23.3 Å². The average molecular weight is 189 g/mol. The third-order valence-corrected chi connectivity index (χ3v) is 2.08. The minimum Gasteiger partial charge on any atom is -0.342 e. The van der Waals surface area contributed by atoms with Crippen LogP contribution in [-0.2, 0) is 0 Å². The van der Waals surface area contributed by atoms with Crippen LogP contribution in [0.4, 0.5) is 0 Å². The zero-order valence-electron chi connectivity index (χ0n) is 8.11. The molecule has 0 aliphatic carbocycles. The molecular formula is C10H11N3O. The van der Waals surface area contributed by atoms with Gasteiger partial charge in [-0.3, -0.25) is 9.78 Å². The van der Waals surface area contributed by atoms with E-state index < -0.39 is 0 Å². The minimum atomic E-state index is -0.190. The molecule has 4 nitrogen and oxygen atoms in total. The van der Waals surface area contributed by atoms with Crippen LogP contribution >= 0.6 is 0 Å². The first-order valence-corrected chi connectivity index (χ1v) is 4.52. The van der Waals surface area contributed by atoms with Crippen molar-refractivity contribution in [3.63, 3.8) is 0 Å². The highest BCUT2D eigenvalue weighted by molar-refractivity contribution is 5.75. The van der Waals surface area contributed by atoms with Crippen LogP contribution in [0.1, 0.15) is 25.6 Å². The Hall–Kier alpha value is -1.71. The fourth-order valence-corrected chi connectivity index (χ4v) is 1.29. The third kappa shape index (κ3) is 1.39. The van der Waals surface area contributed by atoms with E-state index in [0.29, 0.717) is 11.2 Å². The number of pyridine rings is 1. The molecule has 1 N–H and O–H groups in total. The van der Waals surface area contributed by atoms with E-state index in [4.69, 9.17) is 0 Å². The van der Waals surface area contributed by atoms with Crippen molar-refractivity contribution in [2.24, 2.45) is 0 Å². The molecule has 0 spiro atoms. The van der Waals surface area contributed by atoms with Gasteiger partial charge < -0.3 is 4.98 Å². The van der Waals surface area contributed by atoms with Gasteiger partial charge in [-0.15, -0.1) is 0 Å². The Bertz CT molecular complexity index is 516. The van der Waals surface area contributed by atoms with Gasteiger partial charge in [0.25, 0.3) is 5.56 Å². The van der Waals surface area contributed by atoms with Gasteiger partial charge >= 0.3 is 0 Å². The normalized spacial score (nSPS) is 11.1. The van der Waals surface area contributed by atoms with Crippen LogP contribution in [0.2, 0.25) is 0 Å². The van der Waals surface area contributed by atoms with Gasteiger partial charge in [0.2, 0.25) is 0 Å². The van der Waals surface area contributed by atoms with Crippen molar-refractivity contribution >= 4 is 10.9 Å². The Balaban J connectivity index is 2.79. The summed E-state index contributed by atoms with van der Waals surface area (Å²) in [6.07, 6.45) is 3.23. The summed E-state index contributed by atoms with van der Waals surface area (Å²) < 4.78 is 0. The summed E-state index contributed by atoms with van der Waals surface area (Å²) in [5.74, 6) is 0.919. The van der Waals surface area contributed by atoms with E-state index in [2.05, 4.69) is 15.0 Å². The Morgan fingerprint density at radius 3 is 2.93 bits per heavy atom. The zero-order valence-corrected chi connectivity index (χ0v) is 8.11. The number of fused-ring (bicyclic) bond motifs is 1. The van der Waals surface area contributed by atoms with Gasteiger partial charge in [0.05, 0.1) is 17.1 Å². The monoisotopic (exact) mass is 189 g/mol. The molecule has 4 heteroatoms. The third-order valence-electron chi connectivity index (χ3n) is 2.08. The lowest BCUT2D eigenvalue weighted by molar-refractivity contribution is 0.776. The van der Waals surface area contributed by atoms with Gasteiger partial charge in [0.1, 0.15) is 5.82 Å². The van der Waals surface area contributed by atoms with Crippen molar-refractivity contribution < 1.29 is 0 Å². The van der Waals surface area contributed by atoms with Crippen LogP contribution in [0.3, 0.4) is 0 Å². The maximum Gasteiger partial charge on any atom is 0.280 e. The number of nitrogens with one attached hydrogen (secondary N) is 1. The molecule has 0 saturated heterocycles. The second kappa shape index (κ2) is 3.21. The first kappa shape index (κ1) is 8.87. The Labute approximate surface area is 81.0 Å². The lowest BCUT2D eigenvalue weighted by Gasteiger charge is -2.04. The molecule has 0 saturated carbocycles. The predicted octanol–water partition coefficient (Wildman–Crippen LogP) is 1.44. The van der Waals surface area contributed by atoms with Gasteiger partial charge in [-0.2, -0.15) is 4.98 Å². The van der Waals surface area contributed by atoms with E-state index in [0.717, 1.165) is 5.52 Å². The van der Waals surface area contributed by atoms with Crippen molar-refractivity contribution in [1.29, 1.82) is 0 Å². The molecule has 72 valence electrons. The molecule has 2 rings (SSSR count). The van der Waals surface area contributed by atoms with Crippen LogP contribution in [0.5, 0.6) is 0 Å². The molecule has 0 radical (unpaired) electrons. The summed E-state index contributed by atoms with van der Waals surface area (Å²) in [5, 5.41) is 0.587. The minimum absolute atomic E-state index is 0.190. The first-order chi connectivity index (χ1) is 6.68. The van der Waals surface area contributed by atoms with E-state index in [1.54, 1.807) is 18.5 Å². The van der Waals surface area contributed by atoms with Crippen molar-refractivity contribution in [1.82, 2.24) is 15.0 Å². The molecule has 0 aliphatic rings. The number of aromatic amines is 1. The van der Waals surface area contributed by atoms with Gasteiger partial charge in [-0.1, -0.05) is 13.8 Å². The van der Waals surface area contributed by atoms with Gasteiger partial charge in [-0.05, 0) is 6.07 Å².